The van der Waals surface area contributed by atoms with E-state index in [1.165, 1.54) is 5.56 Å². The highest BCUT2D eigenvalue weighted by atomic mass is 16.3. The summed E-state index contributed by atoms with van der Waals surface area (Å²) in [5.41, 5.74) is 8.23. The Bertz CT molecular complexity index is 652. The summed E-state index contributed by atoms with van der Waals surface area (Å²) in [6.45, 7) is 2.06. The van der Waals surface area contributed by atoms with Crippen LogP contribution in [0, 0.1) is 6.92 Å². The summed E-state index contributed by atoms with van der Waals surface area (Å²) in [5, 5.41) is 1.10. The quantitative estimate of drug-likeness (QED) is 0.762. The Morgan fingerprint density at radius 1 is 1.22 bits per heavy atom. The van der Waals surface area contributed by atoms with Crippen LogP contribution in [0.3, 0.4) is 0 Å². The first-order chi connectivity index (χ1) is 8.72. The van der Waals surface area contributed by atoms with Gasteiger partial charge in [0.25, 0.3) is 0 Å². The maximum Gasteiger partial charge on any atom is 0.134 e. The molecule has 3 rings (SSSR count). The van der Waals surface area contributed by atoms with E-state index in [4.69, 9.17) is 14.6 Å². The minimum absolute atomic E-state index is 0.177. The van der Waals surface area contributed by atoms with Gasteiger partial charge in [0, 0.05) is 11.8 Å². The van der Waals surface area contributed by atoms with Gasteiger partial charge in [-0.15, -0.1) is 0 Å². The van der Waals surface area contributed by atoms with Crippen LogP contribution < -0.4 is 5.73 Å². The standard InChI is InChI=1S/C15H15NO2/c1-10-4-5-14-11(7-10)8-15(18-14)13(16)9-12-3-2-6-17-12/h2-8,13H,9,16H2,1H3. The molecule has 0 aliphatic carbocycles. The molecule has 2 N–H and O–H groups in total. The van der Waals surface area contributed by atoms with E-state index in [1.807, 2.05) is 30.3 Å². The smallest absolute Gasteiger partial charge is 0.134 e. The molecule has 0 spiro atoms. The van der Waals surface area contributed by atoms with Crippen molar-refractivity contribution in [2.24, 2.45) is 5.73 Å². The molecule has 1 atom stereocenters. The number of fused-ring (bicyclic) bond motifs is 1. The highest BCUT2D eigenvalue weighted by Crippen LogP contribution is 2.25. The predicted octanol–water partition coefficient (Wildman–Crippen LogP) is 3.58. The summed E-state index contributed by atoms with van der Waals surface area (Å²) in [4.78, 5) is 0. The lowest BCUT2D eigenvalue weighted by atomic mass is 10.1. The van der Waals surface area contributed by atoms with E-state index >= 15 is 0 Å². The molecule has 0 saturated carbocycles. The number of hydrogen-bond acceptors (Lipinski definition) is 3. The molecule has 0 fully saturated rings. The Kier molecular flexibility index (Phi) is 2.68. The van der Waals surface area contributed by atoms with Gasteiger partial charge in [0.1, 0.15) is 17.1 Å². The zero-order chi connectivity index (χ0) is 12.5. The maximum atomic E-state index is 6.13. The number of nitrogens with two attached hydrogens (primary N) is 1. The van der Waals surface area contributed by atoms with Gasteiger partial charge in [0.15, 0.2) is 0 Å². The molecule has 1 unspecified atom stereocenters. The first-order valence-electron chi connectivity index (χ1n) is 6.00. The highest BCUT2D eigenvalue weighted by molar-refractivity contribution is 5.78. The molecular weight excluding hydrogens is 226 g/mol. The summed E-state index contributed by atoms with van der Waals surface area (Å²) in [7, 11) is 0. The lowest BCUT2D eigenvalue weighted by molar-refractivity contribution is 0.447. The third-order valence-electron chi connectivity index (χ3n) is 3.06. The van der Waals surface area contributed by atoms with Crippen molar-refractivity contribution < 1.29 is 8.83 Å². The lowest BCUT2D eigenvalue weighted by Gasteiger charge is -2.05. The second-order valence-corrected chi connectivity index (χ2v) is 4.58. The molecule has 0 saturated heterocycles. The molecule has 2 aromatic heterocycles. The Labute approximate surface area is 105 Å². The zero-order valence-corrected chi connectivity index (χ0v) is 10.2. The molecule has 0 aliphatic heterocycles. The van der Waals surface area contributed by atoms with Gasteiger partial charge in [0.2, 0.25) is 0 Å². The van der Waals surface area contributed by atoms with Crippen molar-refractivity contribution in [3.05, 3.63) is 59.7 Å². The van der Waals surface area contributed by atoms with Crippen LogP contribution in [0.15, 0.2) is 51.5 Å². The molecule has 1 aromatic carbocycles. The van der Waals surface area contributed by atoms with E-state index < -0.39 is 0 Å². The summed E-state index contributed by atoms with van der Waals surface area (Å²) in [5.74, 6) is 1.67. The van der Waals surface area contributed by atoms with Gasteiger partial charge in [0.05, 0.1) is 12.3 Å². The number of hydrogen-bond donors (Lipinski definition) is 1. The summed E-state index contributed by atoms with van der Waals surface area (Å²) in [6, 6.07) is 11.7. The highest BCUT2D eigenvalue weighted by Gasteiger charge is 2.14. The third kappa shape index (κ3) is 2.05. The van der Waals surface area contributed by atoms with Gasteiger partial charge in [-0.1, -0.05) is 11.6 Å². The van der Waals surface area contributed by atoms with Gasteiger partial charge >= 0.3 is 0 Å². The van der Waals surface area contributed by atoms with E-state index in [-0.39, 0.29) is 6.04 Å². The first-order valence-corrected chi connectivity index (χ1v) is 6.00. The molecule has 3 heteroatoms. The van der Waals surface area contributed by atoms with E-state index in [1.54, 1.807) is 6.26 Å². The van der Waals surface area contributed by atoms with Crippen molar-refractivity contribution in [1.29, 1.82) is 0 Å². The van der Waals surface area contributed by atoms with Crippen LogP contribution in [0.5, 0.6) is 0 Å². The largest absolute Gasteiger partial charge is 0.469 e. The van der Waals surface area contributed by atoms with E-state index in [0.717, 1.165) is 22.5 Å². The maximum absolute atomic E-state index is 6.13. The molecule has 0 amide bonds. The second-order valence-electron chi connectivity index (χ2n) is 4.58. The summed E-state index contributed by atoms with van der Waals surface area (Å²) < 4.78 is 11.1. The Balaban J connectivity index is 1.89. The van der Waals surface area contributed by atoms with Crippen LogP contribution >= 0.6 is 0 Å². The number of aryl methyl sites for hydroxylation is 1. The minimum atomic E-state index is -0.177. The number of benzene rings is 1. The van der Waals surface area contributed by atoms with Crippen molar-refractivity contribution in [3.63, 3.8) is 0 Å². The average molecular weight is 241 g/mol. The van der Waals surface area contributed by atoms with Crippen molar-refractivity contribution in [2.45, 2.75) is 19.4 Å². The molecule has 0 aliphatic rings. The van der Waals surface area contributed by atoms with Gasteiger partial charge in [-0.25, -0.2) is 0 Å². The first kappa shape index (κ1) is 11.1. The van der Waals surface area contributed by atoms with Gasteiger partial charge < -0.3 is 14.6 Å². The van der Waals surface area contributed by atoms with Crippen LogP contribution in [-0.4, -0.2) is 0 Å². The Morgan fingerprint density at radius 2 is 2.11 bits per heavy atom. The second kappa shape index (κ2) is 4.35. The normalized spacial score (nSPS) is 13.0. The SMILES string of the molecule is Cc1ccc2oc(C(N)Cc3ccco3)cc2c1. The van der Waals surface area contributed by atoms with E-state index in [2.05, 4.69) is 13.0 Å². The Morgan fingerprint density at radius 3 is 2.89 bits per heavy atom. The van der Waals surface area contributed by atoms with Crippen molar-refractivity contribution >= 4 is 11.0 Å². The minimum Gasteiger partial charge on any atom is -0.469 e. The molecule has 0 radical (unpaired) electrons. The average Bonchev–Trinajstić information content (AvgIpc) is 2.96. The van der Waals surface area contributed by atoms with Crippen LogP contribution in [0.2, 0.25) is 0 Å². The Hall–Kier alpha value is -2.00. The summed E-state index contributed by atoms with van der Waals surface area (Å²) in [6.07, 6.45) is 2.30. The van der Waals surface area contributed by atoms with Crippen LogP contribution in [0.4, 0.5) is 0 Å². The van der Waals surface area contributed by atoms with Crippen molar-refractivity contribution in [2.75, 3.05) is 0 Å². The molecule has 2 heterocycles. The lowest BCUT2D eigenvalue weighted by Crippen LogP contribution is -2.11. The topological polar surface area (TPSA) is 52.3 Å². The van der Waals surface area contributed by atoms with Crippen molar-refractivity contribution in [3.8, 4) is 0 Å². The fraction of sp³-hybridized carbons (Fsp3) is 0.200. The van der Waals surface area contributed by atoms with Gasteiger partial charge in [-0.05, 0) is 37.3 Å². The van der Waals surface area contributed by atoms with Crippen molar-refractivity contribution in [1.82, 2.24) is 0 Å². The van der Waals surface area contributed by atoms with Gasteiger partial charge in [-0.2, -0.15) is 0 Å². The molecule has 3 nitrogen and oxygen atoms in total. The number of rotatable bonds is 3. The molecular formula is C15H15NO2. The predicted molar refractivity (Wildman–Crippen MR) is 70.3 cm³/mol. The molecule has 3 aromatic rings. The summed E-state index contributed by atoms with van der Waals surface area (Å²) >= 11 is 0. The molecule has 18 heavy (non-hydrogen) atoms. The van der Waals surface area contributed by atoms with Crippen LogP contribution in [-0.2, 0) is 6.42 Å². The van der Waals surface area contributed by atoms with Crippen LogP contribution in [0.25, 0.3) is 11.0 Å². The number of furan rings is 2. The molecule has 92 valence electrons. The monoisotopic (exact) mass is 241 g/mol. The van der Waals surface area contributed by atoms with E-state index in [0.29, 0.717) is 6.42 Å². The van der Waals surface area contributed by atoms with Crippen LogP contribution in [0.1, 0.15) is 23.1 Å². The van der Waals surface area contributed by atoms with E-state index in [9.17, 15) is 0 Å². The fourth-order valence-corrected chi connectivity index (χ4v) is 2.11. The molecule has 0 bridgehead atoms. The third-order valence-corrected chi connectivity index (χ3v) is 3.06. The zero-order valence-electron chi connectivity index (χ0n) is 10.2. The van der Waals surface area contributed by atoms with Gasteiger partial charge in [-0.3, -0.25) is 0 Å². The fourth-order valence-electron chi connectivity index (χ4n) is 2.11.